The molecule has 4 heteroatoms. The Morgan fingerprint density at radius 1 is 0.652 bits per heavy atom. The Kier molecular flexibility index (Phi) is 4.37. The summed E-state index contributed by atoms with van der Waals surface area (Å²) in [5.74, 6) is 0. The Balaban J connectivity index is 0.00000156. The molecule has 0 saturated heterocycles. The molecule has 0 saturated carbocycles. The second-order valence-electron chi connectivity index (χ2n) is 5.17. The first-order valence-corrected chi connectivity index (χ1v) is 7.49. The van der Waals surface area contributed by atoms with Crippen LogP contribution in [-0.4, -0.2) is 5.71 Å². The molecule has 0 unspecified atom stereocenters. The molecule has 1 aliphatic rings. The minimum Gasteiger partial charge on any atom is -0.278 e. The van der Waals surface area contributed by atoms with Gasteiger partial charge in [0, 0.05) is 16.1 Å². The molecule has 4 rings (SSSR count). The Morgan fingerprint density at radius 2 is 1.13 bits per heavy atom. The van der Waals surface area contributed by atoms with Crippen molar-refractivity contribution in [2.75, 3.05) is 5.43 Å². The minimum absolute atomic E-state index is 0. The third kappa shape index (κ3) is 2.83. The van der Waals surface area contributed by atoms with Crippen molar-refractivity contribution in [3.8, 4) is 11.1 Å². The number of fused-ring (bicyclic) bond motifs is 3. The highest BCUT2D eigenvalue weighted by Gasteiger charge is 2.23. The van der Waals surface area contributed by atoms with Crippen LogP contribution >= 0.6 is 24.0 Å². The van der Waals surface area contributed by atoms with E-state index in [1.807, 2.05) is 36.4 Å². The van der Waals surface area contributed by atoms with E-state index in [4.69, 9.17) is 11.6 Å². The number of halogens is 2. The van der Waals surface area contributed by atoms with Crippen LogP contribution in [0.5, 0.6) is 0 Å². The molecule has 23 heavy (non-hydrogen) atoms. The van der Waals surface area contributed by atoms with Gasteiger partial charge in [-0.05, 0) is 35.4 Å². The fourth-order valence-corrected chi connectivity index (χ4v) is 2.89. The lowest BCUT2D eigenvalue weighted by Crippen LogP contribution is -2.02. The van der Waals surface area contributed by atoms with Crippen LogP contribution in [0.2, 0.25) is 5.02 Å². The summed E-state index contributed by atoms with van der Waals surface area (Å²) in [5, 5.41) is 5.35. The number of nitrogens with zero attached hydrogens (tertiary/aromatic N) is 1. The van der Waals surface area contributed by atoms with Crippen molar-refractivity contribution in [2.45, 2.75) is 0 Å². The van der Waals surface area contributed by atoms with E-state index in [2.05, 4.69) is 46.9 Å². The van der Waals surface area contributed by atoms with E-state index in [1.165, 1.54) is 11.1 Å². The van der Waals surface area contributed by atoms with Gasteiger partial charge >= 0.3 is 0 Å². The predicted molar refractivity (Wildman–Crippen MR) is 99.8 cm³/mol. The summed E-state index contributed by atoms with van der Waals surface area (Å²) in [7, 11) is 0. The van der Waals surface area contributed by atoms with Gasteiger partial charge in [-0.25, -0.2) is 0 Å². The quantitative estimate of drug-likeness (QED) is 0.471. The standard InChI is InChI=1S/C19H13ClN2.ClH/c20-13-9-11-14(12-10-13)21-22-19-17-7-3-1-5-15(17)16-6-2-4-8-18(16)19;/h1-12,21H;1H. The molecular weight excluding hydrogens is 327 g/mol. The second kappa shape index (κ2) is 6.45. The van der Waals surface area contributed by atoms with Crippen molar-refractivity contribution in [2.24, 2.45) is 5.10 Å². The molecule has 1 aliphatic carbocycles. The Bertz CT molecular complexity index is 823. The van der Waals surface area contributed by atoms with Gasteiger partial charge in [0.05, 0.1) is 11.4 Å². The Hall–Kier alpha value is -2.29. The van der Waals surface area contributed by atoms with E-state index in [1.54, 1.807) is 0 Å². The molecule has 1 N–H and O–H groups in total. The highest BCUT2D eigenvalue weighted by atomic mass is 35.5. The zero-order valence-corrected chi connectivity index (χ0v) is 13.7. The number of nitrogens with one attached hydrogen (secondary N) is 1. The zero-order chi connectivity index (χ0) is 14.9. The van der Waals surface area contributed by atoms with Crippen molar-refractivity contribution in [3.05, 3.63) is 88.9 Å². The average molecular weight is 341 g/mol. The van der Waals surface area contributed by atoms with Gasteiger partial charge in [-0.3, -0.25) is 5.43 Å². The van der Waals surface area contributed by atoms with Crippen molar-refractivity contribution >= 4 is 35.4 Å². The van der Waals surface area contributed by atoms with Crippen LogP contribution in [0.4, 0.5) is 5.69 Å². The molecule has 0 spiro atoms. The summed E-state index contributed by atoms with van der Waals surface area (Å²) in [6.07, 6.45) is 0. The maximum atomic E-state index is 5.91. The predicted octanol–water partition coefficient (Wildman–Crippen LogP) is 5.61. The molecule has 0 fully saturated rings. The van der Waals surface area contributed by atoms with Crippen LogP contribution in [-0.2, 0) is 0 Å². The fraction of sp³-hybridized carbons (Fsp3) is 0. The highest BCUT2D eigenvalue weighted by Crippen LogP contribution is 2.36. The third-order valence-electron chi connectivity index (χ3n) is 3.80. The smallest absolute Gasteiger partial charge is 0.0990 e. The molecule has 0 bridgehead atoms. The number of hydrogen-bond acceptors (Lipinski definition) is 2. The van der Waals surface area contributed by atoms with Crippen molar-refractivity contribution in [1.82, 2.24) is 0 Å². The van der Waals surface area contributed by atoms with E-state index in [9.17, 15) is 0 Å². The van der Waals surface area contributed by atoms with E-state index in [-0.39, 0.29) is 12.4 Å². The van der Waals surface area contributed by atoms with E-state index < -0.39 is 0 Å². The minimum atomic E-state index is 0. The van der Waals surface area contributed by atoms with Crippen LogP contribution in [0, 0.1) is 0 Å². The number of rotatable bonds is 2. The first kappa shape index (κ1) is 15.6. The van der Waals surface area contributed by atoms with Crippen molar-refractivity contribution in [3.63, 3.8) is 0 Å². The topological polar surface area (TPSA) is 24.4 Å². The summed E-state index contributed by atoms with van der Waals surface area (Å²) in [6.45, 7) is 0. The number of benzene rings is 3. The van der Waals surface area contributed by atoms with Gasteiger partial charge in [-0.1, -0.05) is 60.1 Å². The van der Waals surface area contributed by atoms with Gasteiger partial charge in [-0.2, -0.15) is 5.10 Å². The Labute approximate surface area is 146 Å². The van der Waals surface area contributed by atoms with Crippen LogP contribution in [0.3, 0.4) is 0 Å². The largest absolute Gasteiger partial charge is 0.278 e. The molecule has 0 atom stereocenters. The van der Waals surface area contributed by atoms with E-state index in [0.29, 0.717) is 0 Å². The van der Waals surface area contributed by atoms with Crippen LogP contribution in [0.15, 0.2) is 77.9 Å². The molecule has 3 aromatic rings. The summed E-state index contributed by atoms with van der Waals surface area (Å²) >= 11 is 5.91. The molecule has 3 aromatic carbocycles. The van der Waals surface area contributed by atoms with Crippen molar-refractivity contribution in [1.29, 1.82) is 0 Å². The molecule has 0 amide bonds. The fourth-order valence-electron chi connectivity index (χ4n) is 2.76. The van der Waals surface area contributed by atoms with Crippen LogP contribution in [0.1, 0.15) is 11.1 Å². The van der Waals surface area contributed by atoms with Gasteiger partial charge in [0.15, 0.2) is 0 Å². The summed E-state index contributed by atoms with van der Waals surface area (Å²) in [6, 6.07) is 24.2. The van der Waals surface area contributed by atoms with E-state index in [0.717, 1.165) is 27.5 Å². The lowest BCUT2D eigenvalue weighted by molar-refractivity contribution is 1.33. The number of hydrogen-bond donors (Lipinski definition) is 1. The van der Waals surface area contributed by atoms with Gasteiger partial charge in [0.2, 0.25) is 0 Å². The monoisotopic (exact) mass is 340 g/mol. The lowest BCUT2D eigenvalue weighted by Gasteiger charge is -2.04. The normalized spacial score (nSPS) is 11.3. The molecule has 0 aliphatic heterocycles. The Morgan fingerprint density at radius 3 is 1.65 bits per heavy atom. The van der Waals surface area contributed by atoms with Gasteiger partial charge in [0.1, 0.15) is 0 Å². The van der Waals surface area contributed by atoms with E-state index >= 15 is 0 Å². The van der Waals surface area contributed by atoms with Gasteiger partial charge in [0.25, 0.3) is 0 Å². The summed E-state index contributed by atoms with van der Waals surface area (Å²) in [5.41, 5.74) is 9.79. The van der Waals surface area contributed by atoms with Gasteiger partial charge in [-0.15, -0.1) is 12.4 Å². The lowest BCUT2D eigenvalue weighted by atomic mass is 10.1. The maximum absolute atomic E-state index is 5.91. The van der Waals surface area contributed by atoms with Crippen LogP contribution < -0.4 is 5.43 Å². The summed E-state index contributed by atoms with van der Waals surface area (Å²) < 4.78 is 0. The third-order valence-corrected chi connectivity index (χ3v) is 4.05. The first-order chi connectivity index (χ1) is 10.8. The van der Waals surface area contributed by atoms with Crippen LogP contribution in [0.25, 0.3) is 11.1 Å². The maximum Gasteiger partial charge on any atom is 0.0990 e. The zero-order valence-electron chi connectivity index (χ0n) is 12.2. The molecular formula is C19H14Cl2N2. The first-order valence-electron chi connectivity index (χ1n) is 7.11. The highest BCUT2D eigenvalue weighted by molar-refractivity contribution is 6.30. The molecule has 0 radical (unpaired) electrons. The second-order valence-corrected chi connectivity index (χ2v) is 5.61. The number of hydrazone groups is 1. The molecule has 0 aromatic heterocycles. The van der Waals surface area contributed by atoms with Gasteiger partial charge < -0.3 is 0 Å². The molecule has 114 valence electrons. The molecule has 2 nitrogen and oxygen atoms in total. The molecule has 0 heterocycles. The average Bonchev–Trinajstić information content (AvgIpc) is 2.89. The van der Waals surface area contributed by atoms with Crippen molar-refractivity contribution < 1.29 is 0 Å². The summed E-state index contributed by atoms with van der Waals surface area (Å²) in [4.78, 5) is 0. The SMILES string of the molecule is Cl.Clc1ccc(NN=C2c3ccccc3-c3ccccc32)cc1. The number of anilines is 1.